The standard InChI is InChI=1S/C17H19NO6/c19-13-2-1-12-11(9-14(20)24-16(12)15(13)21)10-18-5-3-17(4-6-18)22-7-8-23-17/h1-2,9,19,21H,3-8,10H2/p+1. The van der Waals surface area contributed by atoms with Crippen LogP contribution in [0.1, 0.15) is 18.4 Å². The fraction of sp³-hybridized carbons (Fsp3) is 0.471. The number of phenolic OH excluding ortho intramolecular Hbond substituents is 2. The van der Waals surface area contributed by atoms with E-state index in [-0.39, 0.29) is 11.3 Å². The molecule has 2 fully saturated rings. The Morgan fingerprint density at radius 2 is 1.83 bits per heavy atom. The van der Waals surface area contributed by atoms with Gasteiger partial charge in [0, 0.05) is 17.0 Å². The van der Waals surface area contributed by atoms with Crippen LogP contribution >= 0.6 is 0 Å². The number of rotatable bonds is 2. The molecule has 7 heteroatoms. The predicted octanol–water partition coefficient (Wildman–Crippen LogP) is 0.126. The Bertz CT molecular complexity index is 814. The van der Waals surface area contributed by atoms with Crippen molar-refractivity contribution in [2.45, 2.75) is 25.2 Å². The largest absolute Gasteiger partial charge is 0.504 e. The molecule has 7 nitrogen and oxygen atoms in total. The molecule has 1 spiro atoms. The molecule has 2 aliphatic rings. The summed E-state index contributed by atoms with van der Waals surface area (Å²) in [5.41, 5.74) is 0.303. The maximum atomic E-state index is 11.8. The third-order valence-electron chi connectivity index (χ3n) is 4.92. The molecule has 0 atom stereocenters. The molecule has 0 unspecified atom stereocenters. The highest BCUT2D eigenvalue weighted by Gasteiger charge is 2.41. The Morgan fingerprint density at radius 3 is 2.54 bits per heavy atom. The van der Waals surface area contributed by atoms with E-state index in [1.807, 2.05) is 0 Å². The van der Waals surface area contributed by atoms with Gasteiger partial charge in [0.1, 0.15) is 6.54 Å². The average molecular weight is 334 g/mol. The van der Waals surface area contributed by atoms with Crippen molar-refractivity contribution in [3.8, 4) is 11.5 Å². The average Bonchev–Trinajstić information content (AvgIpc) is 3.02. The molecule has 0 radical (unpaired) electrons. The van der Waals surface area contributed by atoms with Crippen molar-refractivity contribution in [3.05, 3.63) is 34.2 Å². The number of ether oxygens (including phenoxy) is 2. The number of phenols is 2. The van der Waals surface area contributed by atoms with E-state index in [1.165, 1.54) is 17.0 Å². The number of hydrogen-bond acceptors (Lipinski definition) is 6. The van der Waals surface area contributed by atoms with Crippen LogP contribution in [0, 0.1) is 0 Å². The number of fused-ring (bicyclic) bond motifs is 1. The van der Waals surface area contributed by atoms with Gasteiger partial charge in [0.2, 0.25) is 5.75 Å². The number of hydrogen-bond donors (Lipinski definition) is 3. The molecule has 2 aromatic rings. The Morgan fingerprint density at radius 1 is 1.12 bits per heavy atom. The maximum absolute atomic E-state index is 11.8. The van der Waals surface area contributed by atoms with E-state index in [0.717, 1.165) is 31.5 Å². The fourth-order valence-electron chi connectivity index (χ4n) is 3.63. The third kappa shape index (κ3) is 2.64. The summed E-state index contributed by atoms with van der Waals surface area (Å²) in [4.78, 5) is 13.1. The third-order valence-corrected chi connectivity index (χ3v) is 4.92. The summed E-state index contributed by atoms with van der Waals surface area (Å²) in [6.45, 7) is 3.71. The number of aromatic hydroxyl groups is 2. The lowest BCUT2D eigenvalue weighted by Gasteiger charge is -2.35. The van der Waals surface area contributed by atoms with Gasteiger partial charge in [0.25, 0.3) is 0 Å². The highest BCUT2D eigenvalue weighted by Crippen LogP contribution is 2.34. The van der Waals surface area contributed by atoms with Crippen molar-refractivity contribution in [2.75, 3.05) is 26.3 Å². The lowest BCUT2D eigenvalue weighted by atomic mass is 10.0. The van der Waals surface area contributed by atoms with E-state index in [1.54, 1.807) is 6.07 Å². The molecule has 1 aromatic carbocycles. The van der Waals surface area contributed by atoms with Crippen LogP contribution < -0.4 is 10.5 Å². The molecule has 1 aromatic heterocycles. The Labute approximate surface area is 138 Å². The highest BCUT2D eigenvalue weighted by atomic mass is 16.7. The molecule has 2 aliphatic heterocycles. The number of quaternary nitrogens is 1. The van der Waals surface area contributed by atoms with E-state index in [9.17, 15) is 15.0 Å². The van der Waals surface area contributed by atoms with E-state index < -0.39 is 17.2 Å². The fourth-order valence-corrected chi connectivity index (χ4v) is 3.63. The molecule has 0 saturated carbocycles. The molecule has 0 aliphatic carbocycles. The van der Waals surface area contributed by atoms with Crippen LogP contribution in [0.5, 0.6) is 11.5 Å². The van der Waals surface area contributed by atoms with Gasteiger partial charge in [-0.2, -0.15) is 0 Å². The second-order valence-corrected chi connectivity index (χ2v) is 6.44. The minimum Gasteiger partial charge on any atom is -0.504 e. The minimum atomic E-state index is -0.534. The Kier molecular flexibility index (Phi) is 3.71. The summed E-state index contributed by atoms with van der Waals surface area (Å²) in [5.74, 6) is -1.11. The summed E-state index contributed by atoms with van der Waals surface area (Å²) in [6.07, 6.45) is 1.65. The first kappa shape index (κ1) is 15.4. The minimum absolute atomic E-state index is 0.0350. The first-order valence-electron chi connectivity index (χ1n) is 8.15. The van der Waals surface area contributed by atoms with Gasteiger partial charge in [-0.3, -0.25) is 0 Å². The van der Waals surface area contributed by atoms with Crippen LogP contribution in [0.3, 0.4) is 0 Å². The normalized spacial score (nSPS) is 20.8. The molecular formula is C17H20NO6+. The van der Waals surface area contributed by atoms with E-state index in [2.05, 4.69) is 0 Å². The van der Waals surface area contributed by atoms with Crippen LogP contribution in [0.4, 0.5) is 0 Å². The number of nitrogens with one attached hydrogen (secondary N) is 1. The van der Waals surface area contributed by atoms with Crippen LogP contribution in [0.25, 0.3) is 11.0 Å². The van der Waals surface area contributed by atoms with E-state index in [0.29, 0.717) is 25.1 Å². The van der Waals surface area contributed by atoms with Gasteiger partial charge in [-0.15, -0.1) is 0 Å². The molecule has 3 heterocycles. The van der Waals surface area contributed by atoms with Crippen molar-refractivity contribution >= 4 is 11.0 Å². The smallest absolute Gasteiger partial charge is 0.336 e. The topological polar surface area (TPSA) is 93.6 Å². The summed E-state index contributed by atoms with van der Waals surface area (Å²) >= 11 is 0. The van der Waals surface area contributed by atoms with Gasteiger partial charge in [-0.1, -0.05) is 0 Å². The maximum Gasteiger partial charge on any atom is 0.336 e. The molecule has 0 amide bonds. The number of likely N-dealkylation sites (tertiary alicyclic amines) is 1. The quantitative estimate of drug-likeness (QED) is 0.534. The Hall–Kier alpha value is -2.09. The van der Waals surface area contributed by atoms with Gasteiger partial charge >= 0.3 is 5.63 Å². The van der Waals surface area contributed by atoms with Crippen LogP contribution in [-0.2, 0) is 16.0 Å². The lowest BCUT2D eigenvalue weighted by Crippen LogP contribution is -3.12. The van der Waals surface area contributed by atoms with Crippen molar-refractivity contribution in [2.24, 2.45) is 0 Å². The second kappa shape index (κ2) is 5.77. The SMILES string of the molecule is O=c1cc(C[NH+]2CCC3(CC2)OCCO3)c2ccc(O)c(O)c2o1. The van der Waals surface area contributed by atoms with Crippen molar-refractivity contribution in [3.63, 3.8) is 0 Å². The van der Waals surface area contributed by atoms with E-state index >= 15 is 0 Å². The zero-order chi connectivity index (χ0) is 16.7. The van der Waals surface area contributed by atoms with Crippen LogP contribution in [-0.4, -0.2) is 42.3 Å². The van der Waals surface area contributed by atoms with Gasteiger partial charge in [0.05, 0.1) is 39.1 Å². The van der Waals surface area contributed by atoms with Gasteiger partial charge in [-0.05, 0) is 12.1 Å². The highest BCUT2D eigenvalue weighted by molar-refractivity contribution is 5.87. The zero-order valence-corrected chi connectivity index (χ0v) is 13.2. The van der Waals surface area contributed by atoms with Crippen molar-refractivity contribution < 1.29 is 29.0 Å². The first-order valence-corrected chi connectivity index (χ1v) is 8.15. The van der Waals surface area contributed by atoms with E-state index in [4.69, 9.17) is 13.9 Å². The summed E-state index contributed by atoms with van der Waals surface area (Å²) in [5, 5.41) is 20.2. The molecule has 24 heavy (non-hydrogen) atoms. The van der Waals surface area contributed by atoms with Crippen LogP contribution in [0.2, 0.25) is 0 Å². The Balaban J connectivity index is 1.59. The van der Waals surface area contributed by atoms with Gasteiger partial charge in [-0.25, -0.2) is 4.79 Å². The molecule has 4 rings (SSSR count). The van der Waals surface area contributed by atoms with Gasteiger partial charge < -0.3 is 29.0 Å². The van der Waals surface area contributed by atoms with Gasteiger partial charge in [0.15, 0.2) is 17.1 Å². The second-order valence-electron chi connectivity index (χ2n) is 6.44. The summed E-state index contributed by atoms with van der Waals surface area (Å²) in [7, 11) is 0. The van der Waals surface area contributed by atoms with Crippen LogP contribution in [0.15, 0.2) is 27.4 Å². The molecule has 2 saturated heterocycles. The molecule has 3 N–H and O–H groups in total. The zero-order valence-electron chi connectivity index (χ0n) is 13.2. The lowest BCUT2D eigenvalue weighted by molar-refractivity contribution is -0.922. The molecule has 128 valence electrons. The summed E-state index contributed by atoms with van der Waals surface area (Å²) < 4.78 is 16.5. The monoisotopic (exact) mass is 334 g/mol. The number of benzene rings is 1. The number of piperidine rings is 1. The van der Waals surface area contributed by atoms with Crippen molar-refractivity contribution in [1.29, 1.82) is 0 Å². The first-order chi connectivity index (χ1) is 11.6. The van der Waals surface area contributed by atoms with Crippen molar-refractivity contribution in [1.82, 2.24) is 0 Å². The molecule has 0 bridgehead atoms. The predicted molar refractivity (Wildman–Crippen MR) is 84.1 cm³/mol. The molecular weight excluding hydrogens is 314 g/mol. The summed E-state index contributed by atoms with van der Waals surface area (Å²) in [6, 6.07) is 4.53.